The molecular formula is C9H10F3N. The number of rotatable bonds is 2. The van der Waals surface area contributed by atoms with Crippen LogP contribution in [0.3, 0.4) is 0 Å². The van der Waals surface area contributed by atoms with Gasteiger partial charge in [-0.1, -0.05) is 6.92 Å². The maximum atomic E-state index is 13.0. The zero-order valence-electron chi connectivity index (χ0n) is 7.15. The molecule has 0 aliphatic carbocycles. The molecule has 0 spiro atoms. The van der Waals surface area contributed by atoms with Crippen molar-refractivity contribution in [2.75, 3.05) is 0 Å². The van der Waals surface area contributed by atoms with Crippen molar-refractivity contribution in [3.8, 4) is 0 Å². The lowest BCUT2D eigenvalue weighted by Crippen LogP contribution is -2.14. The van der Waals surface area contributed by atoms with Crippen molar-refractivity contribution in [3.63, 3.8) is 0 Å². The molecule has 1 aromatic carbocycles. The molecule has 0 saturated carbocycles. The Labute approximate surface area is 74.4 Å². The van der Waals surface area contributed by atoms with Crippen LogP contribution in [0.4, 0.5) is 13.2 Å². The Balaban J connectivity index is 3.25. The van der Waals surface area contributed by atoms with Crippen molar-refractivity contribution in [3.05, 3.63) is 35.1 Å². The summed E-state index contributed by atoms with van der Waals surface area (Å²) >= 11 is 0. The van der Waals surface area contributed by atoms with E-state index in [-0.39, 0.29) is 5.56 Å². The van der Waals surface area contributed by atoms with Gasteiger partial charge in [-0.2, -0.15) is 0 Å². The van der Waals surface area contributed by atoms with Gasteiger partial charge in [-0.25, -0.2) is 13.2 Å². The highest BCUT2D eigenvalue weighted by molar-refractivity contribution is 5.24. The number of hydrogen-bond acceptors (Lipinski definition) is 1. The topological polar surface area (TPSA) is 26.0 Å². The fraction of sp³-hybridized carbons (Fsp3) is 0.333. The van der Waals surface area contributed by atoms with Gasteiger partial charge < -0.3 is 5.73 Å². The third-order valence-corrected chi connectivity index (χ3v) is 1.89. The van der Waals surface area contributed by atoms with Crippen LogP contribution in [-0.2, 0) is 0 Å². The van der Waals surface area contributed by atoms with Crippen molar-refractivity contribution in [1.82, 2.24) is 0 Å². The Bertz CT molecular complexity index is 312. The van der Waals surface area contributed by atoms with E-state index in [0.717, 1.165) is 12.1 Å². The zero-order valence-corrected chi connectivity index (χ0v) is 7.15. The Morgan fingerprint density at radius 3 is 2.31 bits per heavy atom. The summed E-state index contributed by atoms with van der Waals surface area (Å²) < 4.78 is 38.6. The van der Waals surface area contributed by atoms with Gasteiger partial charge in [0.1, 0.15) is 5.82 Å². The van der Waals surface area contributed by atoms with Gasteiger partial charge in [-0.3, -0.25) is 0 Å². The summed E-state index contributed by atoms with van der Waals surface area (Å²) in [6.45, 7) is 1.68. The maximum absolute atomic E-state index is 13.0. The minimum Gasteiger partial charge on any atom is -0.324 e. The predicted molar refractivity (Wildman–Crippen MR) is 43.5 cm³/mol. The molecule has 2 N–H and O–H groups in total. The average Bonchev–Trinajstić information content (AvgIpc) is 2.12. The minimum absolute atomic E-state index is 0.358. The summed E-state index contributed by atoms with van der Waals surface area (Å²) in [5.74, 6) is -3.05. The summed E-state index contributed by atoms with van der Waals surface area (Å²) in [6.07, 6.45) is 0.358. The first-order valence-corrected chi connectivity index (χ1v) is 3.96. The Morgan fingerprint density at radius 1 is 1.23 bits per heavy atom. The highest BCUT2D eigenvalue weighted by atomic mass is 19.2. The molecule has 0 aliphatic rings. The van der Waals surface area contributed by atoms with Crippen molar-refractivity contribution in [2.45, 2.75) is 19.4 Å². The maximum Gasteiger partial charge on any atom is 0.166 e. The van der Waals surface area contributed by atoms with Crippen LogP contribution in [0, 0.1) is 17.5 Å². The Hall–Kier alpha value is -1.03. The molecule has 0 saturated heterocycles. The summed E-state index contributed by atoms with van der Waals surface area (Å²) in [4.78, 5) is 0. The molecule has 0 aromatic heterocycles. The van der Waals surface area contributed by atoms with Gasteiger partial charge in [-0.15, -0.1) is 0 Å². The number of benzene rings is 1. The van der Waals surface area contributed by atoms with E-state index in [1.807, 2.05) is 0 Å². The molecule has 1 unspecified atom stereocenters. The summed E-state index contributed by atoms with van der Waals surface area (Å²) in [7, 11) is 0. The fourth-order valence-corrected chi connectivity index (χ4v) is 1.09. The van der Waals surface area contributed by atoms with Crippen LogP contribution < -0.4 is 5.73 Å². The number of halogens is 3. The second kappa shape index (κ2) is 3.79. The quantitative estimate of drug-likeness (QED) is 0.711. The molecule has 72 valence electrons. The fourth-order valence-electron chi connectivity index (χ4n) is 1.09. The van der Waals surface area contributed by atoms with Crippen molar-refractivity contribution in [2.24, 2.45) is 5.73 Å². The smallest absolute Gasteiger partial charge is 0.166 e. The third-order valence-electron chi connectivity index (χ3n) is 1.89. The second-order valence-electron chi connectivity index (χ2n) is 2.77. The Kier molecular flexibility index (Phi) is 2.93. The van der Waals surface area contributed by atoms with E-state index < -0.39 is 23.5 Å². The van der Waals surface area contributed by atoms with Gasteiger partial charge in [0.05, 0.1) is 0 Å². The normalized spacial score (nSPS) is 13.0. The molecule has 1 aromatic rings. The molecule has 0 heterocycles. The van der Waals surface area contributed by atoms with E-state index in [9.17, 15) is 13.2 Å². The van der Waals surface area contributed by atoms with Crippen molar-refractivity contribution >= 4 is 0 Å². The highest BCUT2D eigenvalue weighted by Gasteiger charge is 2.18. The standard InChI is InChI=1S/C9H10F3N/c1-2-7(13)8-5(10)3-4-6(11)9(8)12/h3-4,7H,2,13H2,1H3. The summed E-state index contributed by atoms with van der Waals surface area (Å²) in [5, 5.41) is 0. The SMILES string of the molecule is CCC(N)c1c(F)ccc(F)c1F. The monoisotopic (exact) mass is 189 g/mol. The van der Waals surface area contributed by atoms with E-state index in [0.29, 0.717) is 6.42 Å². The van der Waals surface area contributed by atoms with Crippen LogP contribution in [0.25, 0.3) is 0 Å². The van der Waals surface area contributed by atoms with Gasteiger partial charge in [0.15, 0.2) is 11.6 Å². The van der Waals surface area contributed by atoms with Gasteiger partial charge in [0.2, 0.25) is 0 Å². The first-order valence-electron chi connectivity index (χ1n) is 3.96. The van der Waals surface area contributed by atoms with Crippen molar-refractivity contribution in [1.29, 1.82) is 0 Å². The van der Waals surface area contributed by atoms with E-state index >= 15 is 0 Å². The molecule has 0 fully saturated rings. The zero-order chi connectivity index (χ0) is 10.0. The molecule has 4 heteroatoms. The minimum atomic E-state index is -1.19. The van der Waals surface area contributed by atoms with Gasteiger partial charge in [0, 0.05) is 11.6 Å². The molecule has 1 rings (SSSR count). The highest BCUT2D eigenvalue weighted by Crippen LogP contribution is 2.22. The van der Waals surface area contributed by atoms with Crippen LogP contribution in [0.1, 0.15) is 24.9 Å². The van der Waals surface area contributed by atoms with Crippen LogP contribution in [0.5, 0.6) is 0 Å². The lowest BCUT2D eigenvalue weighted by atomic mass is 10.0. The number of nitrogens with two attached hydrogens (primary N) is 1. The average molecular weight is 189 g/mol. The summed E-state index contributed by atoms with van der Waals surface area (Å²) in [6, 6.07) is 0.829. The summed E-state index contributed by atoms with van der Waals surface area (Å²) in [5.41, 5.74) is 5.05. The third kappa shape index (κ3) is 1.83. The van der Waals surface area contributed by atoms with E-state index in [4.69, 9.17) is 5.73 Å². The van der Waals surface area contributed by atoms with E-state index in [2.05, 4.69) is 0 Å². The van der Waals surface area contributed by atoms with Crippen LogP contribution >= 0.6 is 0 Å². The van der Waals surface area contributed by atoms with Crippen LogP contribution in [0.15, 0.2) is 12.1 Å². The first kappa shape index (κ1) is 10.1. The second-order valence-corrected chi connectivity index (χ2v) is 2.77. The predicted octanol–water partition coefficient (Wildman–Crippen LogP) is 2.51. The van der Waals surface area contributed by atoms with E-state index in [1.165, 1.54) is 0 Å². The molecule has 0 amide bonds. The molecule has 0 radical (unpaired) electrons. The van der Waals surface area contributed by atoms with Crippen LogP contribution in [0.2, 0.25) is 0 Å². The molecule has 1 nitrogen and oxygen atoms in total. The number of hydrogen-bond donors (Lipinski definition) is 1. The lowest BCUT2D eigenvalue weighted by molar-refractivity contribution is 0.462. The molecule has 13 heavy (non-hydrogen) atoms. The molecule has 1 atom stereocenters. The molecule has 0 bridgehead atoms. The van der Waals surface area contributed by atoms with Gasteiger partial charge in [0.25, 0.3) is 0 Å². The lowest BCUT2D eigenvalue weighted by Gasteiger charge is -2.11. The molecule has 0 aliphatic heterocycles. The first-order chi connectivity index (χ1) is 6.07. The van der Waals surface area contributed by atoms with E-state index in [1.54, 1.807) is 6.92 Å². The van der Waals surface area contributed by atoms with Gasteiger partial charge >= 0.3 is 0 Å². The van der Waals surface area contributed by atoms with Gasteiger partial charge in [-0.05, 0) is 18.6 Å². The van der Waals surface area contributed by atoms with Crippen molar-refractivity contribution < 1.29 is 13.2 Å². The van der Waals surface area contributed by atoms with Crippen LogP contribution in [-0.4, -0.2) is 0 Å². The Morgan fingerprint density at radius 2 is 1.77 bits per heavy atom. The molecular weight excluding hydrogens is 179 g/mol. The largest absolute Gasteiger partial charge is 0.324 e.